The molecule has 3 heteroatoms. The Balaban J connectivity index is 1.77. The van der Waals surface area contributed by atoms with Gasteiger partial charge in [-0.3, -0.25) is 0 Å². The molecule has 2 rings (SSSR count). The molecule has 0 aliphatic rings. The van der Waals surface area contributed by atoms with Crippen LogP contribution in [0.2, 0.25) is 0 Å². The smallest absolute Gasteiger partial charge is 0.119 e. The SMILES string of the molecule is CCCCCCNCC(O)COc1ccc(C(C)(C)c2ccccc2)cc1. The molecule has 0 aliphatic carbocycles. The number of benzene rings is 2. The summed E-state index contributed by atoms with van der Waals surface area (Å²) < 4.78 is 5.75. The van der Waals surface area contributed by atoms with Gasteiger partial charge in [0.05, 0.1) is 0 Å². The van der Waals surface area contributed by atoms with Gasteiger partial charge in [0.1, 0.15) is 18.5 Å². The van der Waals surface area contributed by atoms with E-state index >= 15 is 0 Å². The molecule has 27 heavy (non-hydrogen) atoms. The second-order valence-electron chi connectivity index (χ2n) is 7.75. The molecule has 0 radical (unpaired) electrons. The quantitative estimate of drug-likeness (QED) is 0.522. The Kier molecular flexibility index (Phi) is 8.83. The highest BCUT2D eigenvalue weighted by Gasteiger charge is 2.22. The van der Waals surface area contributed by atoms with Crippen molar-refractivity contribution in [2.45, 2.75) is 58.0 Å². The van der Waals surface area contributed by atoms with E-state index in [1.54, 1.807) is 0 Å². The van der Waals surface area contributed by atoms with E-state index in [-0.39, 0.29) is 5.41 Å². The zero-order chi connectivity index (χ0) is 19.5. The molecular formula is C24H35NO2. The van der Waals surface area contributed by atoms with Gasteiger partial charge in [-0.1, -0.05) is 82.5 Å². The van der Waals surface area contributed by atoms with E-state index in [1.165, 1.54) is 36.8 Å². The van der Waals surface area contributed by atoms with Crippen LogP contribution in [0.4, 0.5) is 0 Å². The van der Waals surface area contributed by atoms with Crippen molar-refractivity contribution in [1.82, 2.24) is 5.32 Å². The Hall–Kier alpha value is -1.84. The number of hydrogen-bond acceptors (Lipinski definition) is 3. The summed E-state index contributed by atoms with van der Waals surface area (Å²) in [6.45, 7) is 8.51. The maximum Gasteiger partial charge on any atom is 0.119 e. The van der Waals surface area contributed by atoms with Crippen LogP contribution >= 0.6 is 0 Å². The summed E-state index contributed by atoms with van der Waals surface area (Å²) in [6.07, 6.45) is 4.46. The lowest BCUT2D eigenvalue weighted by Crippen LogP contribution is -2.32. The highest BCUT2D eigenvalue weighted by atomic mass is 16.5. The number of aliphatic hydroxyl groups excluding tert-OH is 1. The monoisotopic (exact) mass is 369 g/mol. The first-order valence-corrected chi connectivity index (χ1v) is 10.2. The number of ether oxygens (including phenoxy) is 1. The Morgan fingerprint density at radius 3 is 2.26 bits per heavy atom. The van der Waals surface area contributed by atoms with Crippen LogP contribution in [-0.2, 0) is 5.41 Å². The van der Waals surface area contributed by atoms with Crippen LogP contribution in [0.1, 0.15) is 57.6 Å². The molecule has 2 N–H and O–H groups in total. The van der Waals surface area contributed by atoms with Gasteiger partial charge in [-0.25, -0.2) is 0 Å². The maximum absolute atomic E-state index is 10.1. The first-order valence-electron chi connectivity index (χ1n) is 10.2. The molecule has 2 aromatic carbocycles. The van der Waals surface area contributed by atoms with E-state index in [9.17, 15) is 5.11 Å². The number of hydrogen-bond donors (Lipinski definition) is 2. The zero-order valence-corrected chi connectivity index (χ0v) is 17.1. The van der Waals surface area contributed by atoms with Crippen LogP contribution in [0.3, 0.4) is 0 Å². The molecule has 1 unspecified atom stereocenters. The Labute approximate surface area is 164 Å². The third-order valence-corrected chi connectivity index (χ3v) is 5.10. The minimum Gasteiger partial charge on any atom is -0.491 e. The molecule has 1 atom stereocenters. The predicted molar refractivity (Wildman–Crippen MR) is 114 cm³/mol. The van der Waals surface area contributed by atoms with Gasteiger partial charge in [0.15, 0.2) is 0 Å². The minimum absolute atomic E-state index is 0.0546. The lowest BCUT2D eigenvalue weighted by molar-refractivity contribution is 0.106. The van der Waals surface area contributed by atoms with Gasteiger partial charge in [0.25, 0.3) is 0 Å². The molecule has 0 amide bonds. The highest BCUT2D eigenvalue weighted by molar-refractivity contribution is 5.39. The van der Waals surface area contributed by atoms with Crippen molar-refractivity contribution in [3.05, 3.63) is 65.7 Å². The molecule has 0 bridgehead atoms. The van der Waals surface area contributed by atoms with Gasteiger partial charge in [-0.2, -0.15) is 0 Å². The first kappa shape index (κ1) is 21.5. The fraction of sp³-hybridized carbons (Fsp3) is 0.500. The van der Waals surface area contributed by atoms with Gasteiger partial charge in [-0.15, -0.1) is 0 Å². The molecule has 0 saturated carbocycles. The summed E-state index contributed by atoms with van der Waals surface area (Å²) in [5.41, 5.74) is 2.48. The van der Waals surface area contributed by atoms with Crippen molar-refractivity contribution >= 4 is 0 Å². The van der Waals surface area contributed by atoms with E-state index in [4.69, 9.17) is 4.74 Å². The molecule has 0 aliphatic heterocycles. The van der Waals surface area contributed by atoms with Crippen LogP contribution in [0.15, 0.2) is 54.6 Å². The molecule has 0 aromatic heterocycles. The summed E-state index contributed by atoms with van der Waals surface area (Å²) in [4.78, 5) is 0. The fourth-order valence-electron chi connectivity index (χ4n) is 3.19. The second kappa shape index (κ2) is 11.1. The Morgan fingerprint density at radius 2 is 1.59 bits per heavy atom. The first-order chi connectivity index (χ1) is 13.0. The summed E-state index contributed by atoms with van der Waals surface area (Å²) in [5.74, 6) is 0.796. The van der Waals surface area contributed by atoms with Crippen LogP contribution < -0.4 is 10.1 Å². The Bertz CT molecular complexity index is 637. The third-order valence-electron chi connectivity index (χ3n) is 5.10. The van der Waals surface area contributed by atoms with Gasteiger partial charge in [0, 0.05) is 12.0 Å². The highest BCUT2D eigenvalue weighted by Crippen LogP contribution is 2.32. The zero-order valence-electron chi connectivity index (χ0n) is 17.1. The molecule has 0 spiro atoms. The molecule has 0 fully saturated rings. The summed E-state index contributed by atoms with van der Waals surface area (Å²) in [7, 11) is 0. The molecule has 2 aromatic rings. The lowest BCUT2D eigenvalue weighted by atomic mass is 9.78. The van der Waals surface area contributed by atoms with Gasteiger partial charge >= 0.3 is 0 Å². The van der Waals surface area contributed by atoms with Crippen molar-refractivity contribution in [3.8, 4) is 5.75 Å². The summed E-state index contributed by atoms with van der Waals surface area (Å²) in [5, 5.41) is 13.4. The second-order valence-corrected chi connectivity index (χ2v) is 7.75. The van der Waals surface area contributed by atoms with E-state index in [2.05, 4.69) is 62.5 Å². The number of aliphatic hydroxyl groups is 1. The van der Waals surface area contributed by atoms with Gasteiger partial charge in [0.2, 0.25) is 0 Å². The van der Waals surface area contributed by atoms with Crippen LogP contribution in [0.25, 0.3) is 0 Å². The molecule has 148 valence electrons. The van der Waals surface area contributed by atoms with Gasteiger partial charge < -0.3 is 15.2 Å². The van der Waals surface area contributed by atoms with E-state index in [1.807, 2.05) is 18.2 Å². The number of rotatable bonds is 12. The average Bonchev–Trinajstić information content (AvgIpc) is 2.70. The molecule has 0 heterocycles. The average molecular weight is 370 g/mol. The number of unbranched alkanes of at least 4 members (excludes halogenated alkanes) is 3. The molecular weight excluding hydrogens is 334 g/mol. The summed E-state index contributed by atoms with van der Waals surface area (Å²) in [6, 6.07) is 18.7. The van der Waals surface area contributed by atoms with E-state index in [0.717, 1.165) is 12.3 Å². The maximum atomic E-state index is 10.1. The third kappa shape index (κ3) is 7.00. The predicted octanol–water partition coefficient (Wildman–Crippen LogP) is 4.92. The van der Waals surface area contributed by atoms with Crippen molar-refractivity contribution < 1.29 is 9.84 Å². The Morgan fingerprint density at radius 1 is 0.926 bits per heavy atom. The van der Waals surface area contributed by atoms with Crippen molar-refractivity contribution in [3.63, 3.8) is 0 Å². The normalized spacial score (nSPS) is 12.7. The van der Waals surface area contributed by atoms with Crippen LogP contribution in [0.5, 0.6) is 5.75 Å². The molecule has 3 nitrogen and oxygen atoms in total. The van der Waals surface area contributed by atoms with Crippen LogP contribution in [0, 0.1) is 0 Å². The topological polar surface area (TPSA) is 41.5 Å². The largest absolute Gasteiger partial charge is 0.491 e. The van der Waals surface area contributed by atoms with E-state index in [0.29, 0.717) is 13.2 Å². The fourth-order valence-corrected chi connectivity index (χ4v) is 3.19. The number of nitrogens with one attached hydrogen (secondary N) is 1. The van der Waals surface area contributed by atoms with Crippen molar-refractivity contribution in [1.29, 1.82) is 0 Å². The standard InChI is InChI=1S/C24H35NO2/c1-4-5-6-10-17-25-18-22(26)19-27-23-15-13-21(14-16-23)24(2,3)20-11-8-7-9-12-20/h7-9,11-16,22,25-26H,4-6,10,17-19H2,1-3H3. The minimum atomic E-state index is -0.489. The van der Waals surface area contributed by atoms with Gasteiger partial charge in [-0.05, 0) is 36.2 Å². The van der Waals surface area contributed by atoms with Crippen LogP contribution in [-0.4, -0.2) is 30.9 Å². The van der Waals surface area contributed by atoms with Crippen molar-refractivity contribution in [2.24, 2.45) is 0 Å². The van der Waals surface area contributed by atoms with E-state index < -0.39 is 6.10 Å². The molecule has 0 saturated heterocycles. The van der Waals surface area contributed by atoms with Crippen molar-refractivity contribution in [2.75, 3.05) is 19.7 Å². The summed E-state index contributed by atoms with van der Waals surface area (Å²) >= 11 is 0. The lowest BCUT2D eigenvalue weighted by Gasteiger charge is -2.26.